The van der Waals surface area contributed by atoms with E-state index in [2.05, 4.69) is 33.0 Å². The molecule has 20 heavy (non-hydrogen) atoms. The second-order valence-corrected chi connectivity index (χ2v) is 6.05. The van der Waals surface area contributed by atoms with E-state index in [0.29, 0.717) is 5.92 Å². The molecule has 1 heterocycles. The number of nitrogens with zero attached hydrogens (tertiary/aromatic N) is 1. The van der Waals surface area contributed by atoms with Crippen molar-refractivity contribution >= 4 is 5.91 Å². The average Bonchev–Trinajstić information content (AvgIpc) is 2.73. The van der Waals surface area contributed by atoms with Crippen molar-refractivity contribution in [3.63, 3.8) is 0 Å². The van der Waals surface area contributed by atoms with Gasteiger partial charge in [-0.25, -0.2) is 0 Å². The summed E-state index contributed by atoms with van der Waals surface area (Å²) < 4.78 is 5.51. The summed E-state index contributed by atoms with van der Waals surface area (Å²) in [6, 6.07) is 0.0268. The maximum atomic E-state index is 12.5. The molecule has 1 aliphatic heterocycles. The van der Waals surface area contributed by atoms with E-state index < -0.39 is 0 Å². The molecule has 1 rings (SSSR count). The third-order valence-electron chi connectivity index (χ3n) is 3.80. The summed E-state index contributed by atoms with van der Waals surface area (Å²) in [6.07, 6.45) is 5.39. The molecule has 0 aromatic carbocycles. The van der Waals surface area contributed by atoms with Gasteiger partial charge >= 0.3 is 0 Å². The second kappa shape index (κ2) is 9.35. The van der Waals surface area contributed by atoms with Gasteiger partial charge in [0.1, 0.15) is 0 Å². The van der Waals surface area contributed by atoms with E-state index in [1.807, 2.05) is 4.90 Å². The Morgan fingerprint density at radius 2 is 1.95 bits per heavy atom. The molecular weight excluding hydrogens is 252 g/mol. The maximum Gasteiger partial charge on any atom is 0.241 e. The first-order valence-corrected chi connectivity index (χ1v) is 8.26. The molecule has 0 aromatic heterocycles. The molecule has 0 radical (unpaired) electrons. The monoisotopic (exact) mass is 284 g/mol. The number of carbonyl (C=O) groups is 1. The Kier molecular flexibility index (Phi) is 8.15. The van der Waals surface area contributed by atoms with E-state index >= 15 is 0 Å². The van der Waals surface area contributed by atoms with Crippen molar-refractivity contribution in [2.24, 2.45) is 5.92 Å². The fourth-order valence-corrected chi connectivity index (χ4v) is 2.70. The fraction of sp³-hybridized carbons (Fsp3) is 0.938. The zero-order valence-corrected chi connectivity index (χ0v) is 13.7. The summed E-state index contributed by atoms with van der Waals surface area (Å²) in [4.78, 5) is 14.5. The molecule has 1 fully saturated rings. The molecular formula is C16H32N2O2. The quantitative estimate of drug-likeness (QED) is 0.627. The Labute approximate surface area is 124 Å². The molecule has 1 aliphatic rings. The van der Waals surface area contributed by atoms with E-state index in [1.165, 1.54) is 0 Å². The van der Waals surface area contributed by atoms with Gasteiger partial charge in [0.2, 0.25) is 5.91 Å². The van der Waals surface area contributed by atoms with Gasteiger partial charge in [0.05, 0.1) is 12.2 Å². The van der Waals surface area contributed by atoms with Crippen molar-refractivity contribution in [1.29, 1.82) is 0 Å². The van der Waals surface area contributed by atoms with Gasteiger partial charge in [-0.1, -0.05) is 40.5 Å². The van der Waals surface area contributed by atoms with Gasteiger partial charge in [-0.05, 0) is 25.2 Å². The molecule has 1 amide bonds. The topological polar surface area (TPSA) is 41.6 Å². The van der Waals surface area contributed by atoms with E-state index in [4.69, 9.17) is 4.74 Å². The van der Waals surface area contributed by atoms with Crippen LogP contribution >= 0.6 is 0 Å². The van der Waals surface area contributed by atoms with Gasteiger partial charge in [0.15, 0.2) is 0 Å². The zero-order valence-electron chi connectivity index (χ0n) is 13.7. The van der Waals surface area contributed by atoms with Gasteiger partial charge in [0.25, 0.3) is 0 Å². The lowest BCUT2D eigenvalue weighted by molar-refractivity contribution is -0.130. The highest BCUT2D eigenvalue weighted by Gasteiger charge is 2.39. The van der Waals surface area contributed by atoms with Gasteiger partial charge in [-0.2, -0.15) is 0 Å². The Morgan fingerprint density at radius 3 is 2.55 bits per heavy atom. The first kappa shape index (κ1) is 17.4. The Hall–Kier alpha value is -0.610. The van der Waals surface area contributed by atoms with Crippen LogP contribution in [-0.4, -0.2) is 42.8 Å². The molecule has 0 bridgehead atoms. The van der Waals surface area contributed by atoms with Crippen LogP contribution in [0, 0.1) is 5.92 Å². The molecule has 118 valence electrons. The molecule has 1 saturated heterocycles. The Balaban J connectivity index is 2.45. The van der Waals surface area contributed by atoms with Gasteiger partial charge in [-0.15, -0.1) is 0 Å². The molecule has 2 unspecified atom stereocenters. The van der Waals surface area contributed by atoms with Crippen molar-refractivity contribution < 1.29 is 9.53 Å². The molecule has 2 atom stereocenters. The van der Waals surface area contributed by atoms with Crippen molar-refractivity contribution in [1.82, 2.24) is 10.2 Å². The van der Waals surface area contributed by atoms with Crippen LogP contribution in [0.15, 0.2) is 0 Å². The number of rotatable bonds is 10. The molecule has 4 heteroatoms. The fourth-order valence-electron chi connectivity index (χ4n) is 2.70. The molecule has 0 aromatic rings. The molecule has 0 saturated carbocycles. The molecule has 1 N–H and O–H groups in total. The van der Waals surface area contributed by atoms with Crippen LogP contribution in [0.2, 0.25) is 0 Å². The van der Waals surface area contributed by atoms with Crippen molar-refractivity contribution in [3.8, 4) is 0 Å². The number of nitrogens with one attached hydrogen (secondary N) is 1. The highest BCUT2D eigenvalue weighted by atomic mass is 16.5. The van der Waals surface area contributed by atoms with E-state index in [0.717, 1.165) is 51.9 Å². The lowest BCUT2D eigenvalue weighted by Gasteiger charge is -2.27. The van der Waals surface area contributed by atoms with Crippen molar-refractivity contribution in [2.75, 3.05) is 19.8 Å². The van der Waals surface area contributed by atoms with Crippen LogP contribution < -0.4 is 5.32 Å². The van der Waals surface area contributed by atoms with Gasteiger partial charge in [-0.3, -0.25) is 10.1 Å². The Morgan fingerprint density at radius 1 is 1.20 bits per heavy atom. The second-order valence-electron chi connectivity index (χ2n) is 6.05. The minimum absolute atomic E-state index is 0.0268. The number of carbonyl (C=O) groups excluding carboxylic acids is 1. The summed E-state index contributed by atoms with van der Waals surface area (Å²) in [5.74, 6) is 0.731. The summed E-state index contributed by atoms with van der Waals surface area (Å²) in [7, 11) is 0. The number of unbranched alkanes of at least 4 members (excludes halogenated alkanes) is 1. The summed E-state index contributed by atoms with van der Waals surface area (Å²) in [5, 5.41) is 3.51. The number of hydrogen-bond donors (Lipinski definition) is 1. The van der Waals surface area contributed by atoms with Crippen LogP contribution in [-0.2, 0) is 9.53 Å². The van der Waals surface area contributed by atoms with E-state index in [-0.39, 0.29) is 18.1 Å². The van der Waals surface area contributed by atoms with Gasteiger partial charge < -0.3 is 9.64 Å². The summed E-state index contributed by atoms with van der Waals surface area (Å²) in [5.41, 5.74) is 0. The minimum Gasteiger partial charge on any atom is -0.381 e. The minimum atomic E-state index is 0.0268. The SMILES string of the molecule is CCCCC1NC(C(C)C)N(CCCOCCC)C1=O. The van der Waals surface area contributed by atoms with Crippen LogP contribution in [0.5, 0.6) is 0 Å². The van der Waals surface area contributed by atoms with E-state index in [9.17, 15) is 4.79 Å². The van der Waals surface area contributed by atoms with E-state index in [1.54, 1.807) is 0 Å². The lowest BCUT2D eigenvalue weighted by Crippen LogP contribution is -2.42. The first-order valence-electron chi connectivity index (χ1n) is 8.26. The van der Waals surface area contributed by atoms with Crippen LogP contribution in [0.4, 0.5) is 0 Å². The van der Waals surface area contributed by atoms with Crippen LogP contribution in [0.25, 0.3) is 0 Å². The first-order chi connectivity index (χ1) is 9.61. The predicted octanol–water partition coefficient (Wildman–Crippen LogP) is 2.78. The summed E-state index contributed by atoms with van der Waals surface area (Å²) >= 11 is 0. The van der Waals surface area contributed by atoms with Gasteiger partial charge in [0, 0.05) is 19.8 Å². The Bertz CT molecular complexity index is 282. The average molecular weight is 284 g/mol. The van der Waals surface area contributed by atoms with Crippen LogP contribution in [0.3, 0.4) is 0 Å². The summed E-state index contributed by atoms with van der Waals surface area (Å²) in [6.45, 7) is 11.0. The number of hydrogen-bond acceptors (Lipinski definition) is 3. The molecule has 4 nitrogen and oxygen atoms in total. The molecule has 0 aliphatic carbocycles. The lowest BCUT2D eigenvalue weighted by atomic mass is 10.1. The van der Waals surface area contributed by atoms with Crippen molar-refractivity contribution in [2.45, 2.75) is 72.0 Å². The van der Waals surface area contributed by atoms with Crippen molar-refractivity contribution in [3.05, 3.63) is 0 Å². The number of amides is 1. The molecule has 0 spiro atoms. The third-order valence-corrected chi connectivity index (χ3v) is 3.80. The normalized spacial score (nSPS) is 23.1. The smallest absolute Gasteiger partial charge is 0.241 e. The third kappa shape index (κ3) is 5.06. The standard InChI is InChI=1S/C16H32N2O2/c1-5-7-9-14-16(19)18(15(17-14)13(3)4)10-8-12-20-11-6-2/h13-15,17H,5-12H2,1-4H3. The van der Waals surface area contributed by atoms with Crippen LogP contribution in [0.1, 0.15) is 59.8 Å². The highest BCUT2D eigenvalue weighted by molar-refractivity contribution is 5.84. The number of ether oxygens (including phenoxy) is 1. The highest BCUT2D eigenvalue weighted by Crippen LogP contribution is 2.20. The zero-order chi connectivity index (χ0) is 15.0. The maximum absolute atomic E-state index is 12.5. The largest absolute Gasteiger partial charge is 0.381 e. The predicted molar refractivity (Wildman–Crippen MR) is 82.5 cm³/mol.